The summed E-state index contributed by atoms with van der Waals surface area (Å²) >= 11 is -0.0267. The molecular weight excluding hydrogens is 411 g/mol. The third kappa shape index (κ3) is 4.18. The molecule has 0 spiro atoms. The van der Waals surface area contributed by atoms with E-state index >= 15 is 0 Å². The van der Waals surface area contributed by atoms with Gasteiger partial charge in [0.05, 0.1) is 0 Å². The Morgan fingerprint density at radius 1 is 1.25 bits per heavy atom. The Labute approximate surface area is 124 Å². The number of fused-ring (bicyclic) bond motifs is 1. The van der Waals surface area contributed by atoms with E-state index in [4.69, 9.17) is 13.0 Å². The van der Waals surface area contributed by atoms with E-state index in [0.717, 1.165) is 0 Å². The summed E-state index contributed by atoms with van der Waals surface area (Å²) in [6, 6.07) is 6.80. The van der Waals surface area contributed by atoms with Crippen molar-refractivity contribution in [3.63, 3.8) is 0 Å². The van der Waals surface area contributed by atoms with Gasteiger partial charge < -0.3 is 4.55 Å². The van der Waals surface area contributed by atoms with Crippen LogP contribution in [0.3, 0.4) is 0 Å². The summed E-state index contributed by atoms with van der Waals surface area (Å²) < 4.78 is 64.4. The summed E-state index contributed by atoms with van der Waals surface area (Å²) in [4.78, 5) is 0. The first kappa shape index (κ1) is 17.4. The van der Waals surface area contributed by atoms with Gasteiger partial charge in [-0.25, -0.2) is 8.42 Å². The molecule has 0 bridgehead atoms. The number of hydrogen-bond donors (Lipinski definition) is 0. The second-order valence-electron chi connectivity index (χ2n) is 4.05. The topological polar surface area (TPSA) is 61.1 Å². The zero-order valence-corrected chi connectivity index (χ0v) is 14.0. The molecule has 0 aliphatic rings. The Bertz CT molecular complexity index is 722. The van der Waals surface area contributed by atoms with Gasteiger partial charge in [0.25, 0.3) is 0 Å². The summed E-state index contributed by atoms with van der Waals surface area (Å²) in [5.41, 5.74) is -2.84. The molecule has 0 radical (unpaired) electrons. The summed E-state index contributed by atoms with van der Waals surface area (Å²) in [7, 11) is -3.92. The molecule has 0 aliphatic carbocycles. The number of hydrogen-bond acceptors (Lipinski definition) is 3. The van der Waals surface area contributed by atoms with E-state index in [0.29, 0.717) is 0 Å². The molecule has 0 fully saturated rings. The van der Waals surface area contributed by atoms with Gasteiger partial charge in [0, 0.05) is 0 Å². The monoisotopic (exact) mass is 425 g/mol. The third-order valence-electron chi connectivity index (χ3n) is 2.49. The quantitative estimate of drug-likeness (QED) is 0.279. The van der Waals surface area contributed by atoms with Crippen LogP contribution in [0.2, 0.25) is 0 Å². The van der Waals surface area contributed by atoms with Crippen molar-refractivity contribution in [1.82, 2.24) is 0 Å². The number of aromatic nitrogens is 1. The second-order valence-corrected chi connectivity index (χ2v) is 8.95. The second kappa shape index (κ2) is 6.02. The van der Waals surface area contributed by atoms with Crippen LogP contribution in [0.4, 0.5) is 13.2 Å². The SMILES string of the molecule is Cc1ccc2[te]c(C)[n+](C)c2c1.O=S(=O)([O-])C(F)(F)F. The van der Waals surface area contributed by atoms with Gasteiger partial charge in [0.1, 0.15) is 0 Å². The maximum atomic E-state index is 10.7. The van der Waals surface area contributed by atoms with Crippen molar-refractivity contribution in [1.29, 1.82) is 0 Å². The molecule has 0 saturated carbocycles. The molecule has 1 heterocycles. The Morgan fingerprint density at radius 3 is 2.20 bits per heavy atom. The van der Waals surface area contributed by atoms with Crippen LogP contribution in [0.25, 0.3) is 8.92 Å². The maximum absolute atomic E-state index is 10.7. The van der Waals surface area contributed by atoms with E-state index in [-0.39, 0.29) is 20.4 Å². The largest absolute Gasteiger partial charge is 0.741 e. The fourth-order valence-corrected chi connectivity index (χ4v) is 4.20. The molecule has 1 aromatic heterocycles. The first-order valence-corrected chi connectivity index (χ1v) is 9.05. The number of rotatable bonds is 0. The van der Waals surface area contributed by atoms with Crippen molar-refractivity contribution >= 4 is 39.5 Å². The van der Waals surface area contributed by atoms with Crippen molar-refractivity contribution in [2.75, 3.05) is 0 Å². The molecule has 112 valence electrons. The number of aryl methyl sites for hydroxylation is 3. The predicted octanol–water partition coefficient (Wildman–Crippen LogP) is 1.39. The van der Waals surface area contributed by atoms with Gasteiger partial charge in [0.15, 0.2) is 10.1 Å². The minimum Gasteiger partial charge on any atom is -0.741 e. The van der Waals surface area contributed by atoms with Crippen molar-refractivity contribution in [3.8, 4) is 0 Å². The molecule has 0 N–H and O–H groups in total. The molecule has 0 atom stereocenters. The standard InChI is InChI=1S/C10H12NTe.CHF3O3S/c1-7-4-5-10-9(6-7)11(3)8(2)12-10;2-1(3,4)8(5,6)7/h4-6H,1-3H3;(H,5,6,7)/q+1;/p-1. The Morgan fingerprint density at radius 2 is 1.75 bits per heavy atom. The zero-order valence-electron chi connectivity index (χ0n) is 10.9. The van der Waals surface area contributed by atoms with Crippen LogP contribution in [0.15, 0.2) is 18.2 Å². The molecule has 4 nitrogen and oxygen atoms in total. The molecule has 20 heavy (non-hydrogen) atoms. The van der Waals surface area contributed by atoms with Crippen molar-refractivity contribution in [3.05, 3.63) is 27.5 Å². The van der Waals surface area contributed by atoms with Crippen LogP contribution in [0, 0.1) is 13.8 Å². The first-order chi connectivity index (χ1) is 8.93. The molecule has 0 aliphatic heterocycles. The van der Waals surface area contributed by atoms with Gasteiger partial charge in [-0.1, -0.05) is 0 Å². The number of nitrogens with zero attached hydrogens (tertiary/aromatic N) is 1. The van der Waals surface area contributed by atoms with Crippen LogP contribution in [-0.4, -0.2) is 38.9 Å². The third-order valence-corrected chi connectivity index (χ3v) is 6.29. The minimum absolute atomic E-state index is 0.0267. The number of benzene rings is 1. The van der Waals surface area contributed by atoms with Gasteiger partial charge >= 0.3 is 87.8 Å². The normalized spacial score (nSPS) is 12.2. The van der Waals surface area contributed by atoms with Gasteiger partial charge in [-0.2, -0.15) is 13.2 Å². The van der Waals surface area contributed by atoms with Crippen LogP contribution >= 0.6 is 0 Å². The summed E-state index contributed by atoms with van der Waals surface area (Å²) in [6.07, 6.45) is 0. The Balaban J connectivity index is 0.000000221. The molecule has 2 aromatic rings. The summed E-state index contributed by atoms with van der Waals surface area (Å²) in [5, 5.41) is 0. The van der Waals surface area contributed by atoms with Crippen molar-refractivity contribution in [2.24, 2.45) is 7.05 Å². The van der Waals surface area contributed by atoms with Crippen molar-refractivity contribution < 1.29 is 30.7 Å². The molecule has 0 saturated heterocycles. The average Bonchev–Trinajstić information content (AvgIpc) is 2.54. The Kier molecular flexibility index (Phi) is 5.24. The average molecular weight is 423 g/mol. The van der Waals surface area contributed by atoms with Crippen molar-refractivity contribution in [2.45, 2.75) is 19.4 Å². The van der Waals surface area contributed by atoms with E-state index in [1.807, 2.05) is 0 Å². The molecule has 9 heteroatoms. The van der Waals surface area contributed by atoms with Gasteiger partial charge in [-0.15, -0.1) is 0 Å². The van der Waals surface area contributed by atoms with E-state index in [1.165, 1.54) is 11.1 Å². The fourth-order valence-electron chi connectivity index (χ4n) is 1.37. The Hall–Kier alpha value is -0.620. The molecule has 2 rings (SSSR count). The fraction of sp³-hybridized carbons (Fsp3) is 0.364. The molecule has 0 unspecified atom stereocenters. The van der Waals surface area contributed by atoms with E-state index in [9.17, 15) is 13.2 Å². The first-order valence-electron chi connectivity index (χ1n) is 5.31. The van der Waals surface area contributed by atoms with Gasteiger partial charge in [-0.05, 0) is 0 Å². The predicted molar refractivity (Wildman–Crippen MR) is 67.3 cm³/mol. The van der Waals surface area contributed by atoms with Crippen LogP contribution < -0.4 is 4.57 Å². The van der Waals surface area contributed by atoms with Crippen LogP contribution in [0.5, 0.6) is 0 Å². The molecule has 0 amide bonds. The van der Waals surface area contributed by atoms with Gasteiger partial charge in [-0.3, -0.25) is 0 Å². The smallest absolute Gasteiger partial charge is 0.485 e. The molecule has 1 aromatic carbocycles. The zero-order chi connectivity index (χ0) is 15.7. The van der Waals surface area contributed by atoms with E-state index in [2.05, 4.69) is 43.7 Å². The molecular formula is C11H12F3NO3STe. The van der Waals surface area contributed by atoms with Gasteiger partial charge in [0.2, 0.25) is 0 Å². The number of alkyl halides is 3. The maximum Gasteiger partial charge on any atom is 0.485 e. The van der Waals surface area contributed by atoms with Crippen LogP contribution in [-0.2, 0) is 17.2 Å². The van der Waals surface area contributed by atoms with E-state index in [1.54, 1.807) is 7.11 Å². The summed E-state index contributed by atoms with van der Waals surface area (Å²) in [6.45, 7) is 4.40. The van der Waals surface area contributed by atoms with E-state index < -0.39 is 15.6 Å². The number of halogens is 3. The minimum atomic E-state index is -6.09. The summed E-state index contributed by atoms with van der Waals surface area (Å²) in [5.74, 6) is 0. The van der Waals surface area contributed by atoms with Crippen LogP contribution in [0.1, 0.15) is 9.27 Å².